The van der Waals surface area contributed by atoms with Crippen LogP contribution in [0.3, 0.4) is 0 Å². The first-order valence-electron chi connectivity index (χ1n) is 2.91. The lowest BCUT2D eigenvalue weighted by atomic mass is 10.3. The second kappa shape index (κ2) is 5.06. The summed E-state index contributed by atoms with van der Waals surface area (Å²) in [4.78, 5) is 4.49. The summed E-state index contributed by atoms with van der Waals surface area (Å²) < 4.78 is 0. The Balaban J connectivity index is 4.61. The van der Waals surface area contributed by atoms with Crippen molar-refractivity contribution in [1.82, 2.24) is 0 Å². The van der Waals surface area contributed by atoms with E-state index in [0.717, 1.165) is 10.6 Å². The van der Waals surface area contributed by atoms with Crippen molar-refractivity contribution in [2.75, 3.05) is 0 Å². The van der Waals surface area contributed by atoms with Crippen LogP contribution in [0.25, 0.3) is 0 Å². The molecule has 0 aliphatic heterocycles. The standard InChI is InChI=1S/C8H11NS/c1-4-6-7(9-3)8(10)5-2/h4-6,10H,2-3H2,1H3/b6-4-,8-7-. The third-order valence-corrected chi connectivity index (χ3v) is 1.36. The molecule has 0 aliphatic carbocycles. The van der Waals surface area contributed by atoms with E-state index in [-0.39, 0.29) is 0 Å². The lowest BCUT2D eigenvalue weighted by Gasteiger charge is -1.93. The minimum atomic E-state index is 0.744. The van der Waals surface area contributed by atoms with E-state index >= 15 is 0 Å². The molecule has 0 atom stereocenters. The highest BCUT2D eigenvalue weighted by Crippen LogP contribution is 2.11. The third-order valence-electron chi connectivity index (χ3n) is 0.951. The van der Waals surface area contributed by atoms with Gasteiger partial charge in [-0.3, -0.25) is 4.99 Å². The summed E-state index contributed by atoms with van der Waals surface area (Å²) in [5, 5.41) is 0. The van der Waals surface area contributed by atoms with Crippen molar-refractivity contribution in [3.63, 3.8) is 0 Å². The number of nitrogens with zero attached hydrogens (tertiary/aromatic N) is 1. The van der Waals surface area contributed by atoms with Gasteiger partial charge in [-0.2, -0.15) is 0 Å². The Labute approximate surface area is 67.3 Å². The smallest absolute Gasteiger partial charge is 0.0752 e. The van der Waals surface area contributed by atoms with Gasteiger partial charge in [0.05, 0.1) is 5.70 Å². The molecule has 0 N–H and O–H groups in total. The van der Waals surface area contributed by atoms with Crippen LogP contribution in [-0.4, -0.2) is 6.72 Å². The van der Waals surface area contributed by atoms with E-state index in [9.17, 15) is 0 Å². The van der Waals surface area contributed by atoms with Gasteiger partial charge < -0.3 is 0 Å². The van der Waals surface area contributed by atoms with Crippen molar-refractivity contribution in [3.05, 3.63) is 35.4 Å². The summed E-state index contributed by atoms with van der Waals surface area (Å²) >= 11 is 4.12. The molecule has 10 heavy (non-hydrogen) atoms. The second-order valence-electron chi connectivity index (χ2n) is 1.63. The Morgan fingerprint density at radius 3 is 2.50 bits per heavy atom. The van der Waals surface area contributed by atoms with Gasteiger partial charge in [0.1, 0.15) is 0 Å². The van der Waals surface area contributed by atoms with E-state index in [0.29, 0.717) is 0 Å². The minimum Gasteiger partial charge on any atom is -0.264 e. The Morgan fingerprint density at radius 2 is 2.20 bits per heavy atom. The van der Waals surface area contributed by atoms with Crippen molar-refractivity contribution in [2.24, 2.45) is 4.99 Å². The van der Waals surface area contributed by atoms with Gasteiger partial charge >= 0.3 is 0 Å². The highest BCUT2D eigenvalue weighted by molar-refractivity contribution is 7.84. The molecule has 2 heteroatoms. The molecular formula is C8H11NS. The van der Waals surface area contributed by atoms with Crippen LogP contribution in [0.2, 0.25) is 0 Å². The van der Waals surface area contributed by atoms with Gasteiger partial charge in [0.25, 0.3) is 0 Å². The van der Waals surface area contributed by atoms with Crippen LogP contribution >= 0.6 is 12.6 Å². The molecule has 0 saturated carbocycles. The Morgan fingerprint density at radius 1 is 1.60 bits per heavy atom. The topological polar surface area (TPSA) is 12.4 Å². The summed E-state index contributed by atoms with van der Waals surface area (Å²) in [5.74, 6) is 0. The summed E-state index contributed by atoms with van der Waals surface area (Å²) in [7, 11) is 0. The Hall–Kier alpha value is -0.760. The zero-order valence-corrected chi connectivity index (χ0v) is 6.94. The maximum atomic E-state index is 4.12. The predicted molar refractivity (Wildman–Crippen MR) is 50.6 cm³/mol. The first-order valence-corrected chi connectivity index (χ1v) is 3.36. The van der Waals surface area contributed by atoms with Crippen LogP contribution in [0.1, 0.15) is 6.92 Å². The molecule has 0 rings (SSSR count). The number of thiol groups is 1. The third kappa shape index (κ3) is 2.69. The molecule has 0 aliphatic rings. The molecule has 0 aromatic carbocycles. The van der Waals surface area contributed by atoms with Gasteiger partial charge in [-0.1, -0.05) is 18.7 Å². The second-order valence-corrected chi connectivity index (χ2v) is 2.11. The maximum absolute atomic E-state index is 4.12. The van der Waals surface area contributed by atoms with Crippen molar-refractivity contribution in [2.45, 2.75) is 6.92 Å². The highest BCUT2D eigenvalue weighted by Gasteiger charge is 1.89. The molecule has 0 radical (unpaired) electrons. The largest absolute Gasteiger partial charge is 0.264 e. The molecule has 1 nitrogen and oxygen atoms in total. The van der Waals surface area contributed by atoms with Gasteiger partial charge in [0.2, 0.25) is 0 Å². The van der Waals surface area contributed by atoms with Gasteiger partial charge in [-0.15, -0.1) is 12.6 Å². The SMILES string of the molecule is C=C/C(S)=C(\C=C/C)N=C. The van der Waals surface area contributed by atoms with Crippen LogP contribution in [-0.2, 0) is 0 Å². The molecule has 0 aromatic rings. The van der Waals surface area contributed by atoms with Crippen molar-refractivity contribution >= 4 is 19.3 Å². The fourth-order valence-corrected chi connectivity index (χ4v) is 0.627. The fraction of sp³-hybridized carbons (Fsp3) is 0.125. The summed E-state index contributed by atoms with van der Waals surface area (Å²) in [5.41, 5.74) is 0.751. The highest BCUT2D eigenvalue weighted by atomic mass is 32.1. The molecule has 0 fully saturated rings. The summed E-state index contributed by atoms with van der Waals surface area (Å²) in [6, 6.07) is 0. The zero-order valence-electron chi connectivity index (χ0n) is 6.04. The fourth-order valence-electron chi connectivity index (χ4n) is 0.482. The number of hydrogen-bond donors (Lipinski definition) is 1. The van der Waals surface area contributed by atoms with E-state index in [1.807, 2.05) is 19.1 Å². The summed E-state index contributed by atoms with van der Waals surface area (Å²) in [6.07, 6.45) is 5.34. The molecule has 54 valence electrons. The first-order chi connectivity index (χ1) is 4.76. The quantitative estimate of drug-likeness (QED) is 0.363. The van der Waals surface area contributed by atoms with Crippen molar-refractivity contribution in [1.29, 1.82) is 0 Å². The van der Waals surface area contributed by atoms with Gasteiger partial charge in [-0.25, -0.2) is 0 Å². The zero-order chi connectivity index (χ0) is 7.98. The van der Waals surface area contributed by atoms with Crippen molar-refractivity contribution in [3.8, 4) is 0 Å². The number of allylic oxidation sites excluding steroid dienone is 3. The van der Waals surface area contributed by atoms with E-state index in [1.165, 1.54) is 0 Å². The van der Waals surface area contributed by atoms with Gasteiger partial charge in [0, 0.05) is 4.91 Å². The van der Waals surface area contributed by atoms with Crippen molar-refractivity contribution < 1.29 is 0 Å². The predicted octanol–water partition coefficient (Wildman–Crippen LogP) is 2.59. The number of rotatable bonds is 3. The van der Waals surface area contributed by atoms with Crippen LogP contribution in [0.5, 0.6) is 0 Å². The van der Waals surface area contributed by atoms with Crippen LogP contribution in [0.15, 0.2) is 40.4 Å². The summed E-state index contributed by atoms with van der Waals surface area (Å²) in [6.45, 7) is 8.86. The van der Waals surface area contributed by atoms with Crippen LogP contribution < -0.4 is 0 Å². The van der Waals surface area contributed by atoms with Crippen LogP contribution in [0, 0.1) is 0 Å². The Kier molecular flexibility index (Phi) is 4.67. The average molecular weight is 153 g/mol. The molecule has 0 heterocycles. The lowest BCUT2D eigenvalue weighted by Crippen LogP contribution is -1.73. The van der Waals surface area contributed by atoms with Gasteiger partial charge in [-0.05, 0) is 19.7 Å². The normalized spacial score (nSPS) is 13.0. The molecular weight excluding hydrogens is 142 g/mol. The van der Waals surface area contributed by atoms with E-state index in [1.54, 1.807) is 6.08 Å². The molecule has 0 amide bonds. The Bertz CT molecular complexity index is 189. The molecule has 0 saturated heterocycles. The number of aliphatic imine (C=N–C) groups is 1. The van der Waals surface area contributed by atoms with Crippen LogP contribution in [0.4, 0.5) is 0 Å². The molecule has 0 unspecified atom stereocenters. The van der Waals surface area contributed by atoms with Gasteiger partial charge in [0.15, 0.2) is 0 Å². The van der Waals surface area contributed by atoms with E-state index < -0.39 is 0 Å². The minimum absolute atomic E-state index is 0.744. The van der Waals surface area contributed by atoms with E-state index in [4.69, 9.17) is 0 Å². The monoisotopic (exact) mass is 153 g/mol. The molecule has 0 spiro atoms. The number of hydrogen-bond acceptors (Lipinski definition) is 2. The maximum Gasteiger partial charge on any atom is 0.0752 e. The molecule has 0 aromatic heterocycles. The average Bonchev–Trinajstić information content (AvgIpc) is 1.99. The van der Waals surface area contributed by atoms with E-state index in [2.05, 4.69) is 30.9 Å². The first kappa shape index (κ1) is 9.24. The lowest BCUT2D eigenvalue weighted by molar-refractivity contribution is 1.42. The molecule has 0 bridgehead atoms.